The molecule has 2 aromatic carbocycles. The maximum atomic E-state index is 4.18. The molecule has 1 heteroatoms. The highest BCUT2D eigenvalue weighted by atomic mass is 14.6. The Morgan fingerprint density at radius 1 is 0.895 bits per heavy atom. The maximum Gasteiger partial charge on any atom is 0.0346 e. The Hall–Kier alpha value is -2.15. The molecular formula is C18H17N. The van der Waals surface area contributed by atoms with Gasteiger partial charge in [-0.2, -0.15) is 0 Å². The third kappa shape index (κ3) is 2.24. The van der Waals surface area contributed by atoms with Crippen LogP contribution in [0.1, 0.15) is 25.3 Å². The summed E-state index contributed by atoms with van der Waals surface area (Å²) in [5, 5.41) is 2.45. The molecule has 0 N–H and O–H groups in total. The second kappa shape index (κ2) is 4.85. The van der Waals surface area contributed by atoms with E-state index < -0.39 is 0 Å². The molecule has 1 aromatic heterocycles. The zero-order chi connectivity index (χ0) is 13.2. The summed E-state index contributed by atoms with van der Waals surface area (Å²) < 4.78 is 0. The summed E-state index contributed by atoms with van der Waals surface area (Å²) in [6.45, 7) is 4.44. The highest BCUT2D eigenvalue weighted by molar-refractivity contribution is 5.96. The summed E-state index contributed by atoms with van der Waals surface area (Å²) in [4.78, 5) is 4.18. The predicted octanol–water partition coefficient (Wildman–Crippen LogP) is 5.03. The van der Waals surface area contributed by atoms with Gasteiger partial charge in [-0.3, -0.25) is 4.98 Å². The molecule has 0 saturated heterocycles. The van der Waals surface area contributed by atoms with Crippen molar-refractivity contribution in [2.45, 2.75) is 19.8 Å². The summed E-state index contributed by atoms with van der Waals surface area (Å²) in [5.41, 5.74) is 3.92. The molecule has 1 nitrogen and oxygen atoms in total. The summed E-state index contributed by atoms with van der Waals surface area (Å²) in [6.07, 6.45) is 3.77. The molecule has 0 radical (unpaired) electrons. The van der Waals surface area contributed by atoms with Crippen molar-refractivity contribution >= 4 is 10.8 Å². The van der Waals surface area contributed by atoms with Gasteiger partial charge < -0.3 is 0 Å². The number of fused-ring (bicyclic) bond motifs is 1. The highest BCUT2D eigenvalue weighted by Gasteiger charge is 2.04. The monoisotopic (exact) mass is 247 g/mol. The van der Waals surface area contributed by atoms with Crippen LogP contribution in [0.2, 0.25) is 0 Å². The fourth-order valence-electron chi connectivity index (χ4n) is 2.42. The lowest BCUT2D eigenvalue weighted by atomic mass is 9.96. The van der Waals surface area contributed by atoms with Gasteiger partial charge in [0, 0.05) is 17.8 Å². The lowest BCUT2D eigenvalue weighted by molar-refractivity contribution is 0.867. The van der Waals surface area contributed by atoms with Crippen molar-refractivity contribution in [2.75, 3.05) is 0 Å². The van der Waals surface area contributed by atoms with Gasteiger partial charge >= 0.3 is 0 Å². The topological polar surface area (TPSA) is 12.9 Å². The summed E-state index contributed by atoms with van der Waals surface area (Å²) in [5.74, 6) is 0.575. The first kappa shape index (κ1) is 11.9. The van der Waals surface area contributed by atoms with E-state index >= 15 is 0 Å². The molecule has 0 atom stereocenters. The fraction of sp³-hybridized carbons (Fsp3) is 0.167. The van der Waals surface area contributed by atoms with E-state index in [-0.39, 0.29) is 0 Å². The minimum Gasteiger partial charge on any atom is -0.264 e. The van der Waals surface area contributed by atoms with Gasteiger partial charge in [-0.05, 0) is 34.1 Å². The molecule has 19 heavy (non-hydrogen) atoms. The molecule has 1 heterocycles. The van der Waals surface area contributed by atoms with E-state index in [1.54, 1.807) is 0 Å². The number of pyridine rings is 1. The highest BCUT2D eigenvalue weighted by Crippen LogP contribution is 2.29. The van der Waals surface area contributed by atoms with Gasteiger partial charge in [-0.25, -0.2) is 0 Å². The maximum absolute atomic E-state index is 4.18. The van der Waals surface area contributed by atoms with Crippen LogP contribution >= 0.6 is 0 Å². The van der Waals surface area contributed by atoms with E-state index in [4.69, 9.17) is 0 Å². The summed E-state index contributed by atoms with van der Waals surface area (Å²) >= 11 is 0. The van der Waals surface area contributed by atoms with Gasteiger partial charge in [-0.1, -0.05) is 56.3 Å². The number of aromatic nitrogens is 1. The largest absolute Gasteiger partial charge is 0.264 e. The van der Waals surface area contributed by atoms with Crippen LogP contribution in [0.4, 0.5) is 0 Å². The zero-order valence-electron chi connectivity index (χ0n) is 11.3. The number of benzene rings is 2. The second-order valence-electron chi connectivity index (χ2n) is 5.18. The molecule has 0 spiro atoms. The minimum absolute atomic E-state index is 0.575. The molecule has 0 saturated carbocycles. The third-order valence-electron chi connectivity index (χ3n) is 3.57. The Kier molecular flexibility index (Phi) is 3.04. The average molecular weight is 247 g/mol. The number of rotatable bonds is 2. The average Bonchev–Trinajstić information content (AvgIpc) is 2.47. The Morgan fingerprint density at radius 3 is 2.42 bits per heavy atom. The van der Waals surface area contributed by atoms with E-state index in [0.29, 0.717) is 5.92 Å². The van der Waals surface area contributed by atoms with E-state index in [1.807, 2.05) is 12.4 Å². The van der Waals surface area contributed by atoms with Gasteiger partial charge in [0.25, 0.3) is 0 Å². The van der Waals surface area contributed by atoms with Crippen molar-refractivity contribution in [3.63, 3.8) is 0 Å². The molecular weight excluding hydrogens is 230 g/mol. The van der Waals surface area contributed by atoms with Crippen LogP contribution in [0.3, 0.4) is 0 Å². The lowest BCUT2D eigenvalue weighted by Crippen LogP contribution is -1.87. The minimum atomic E-state index is 0.575. The van der Waals surface area contributed by atoms with Crippen molar-refractivity contribution in [2.24, 2.45) is 0 Å². The van der Waals surface area contributed by atoms with Crippen LogP contribution < -0.4 is 0 Å². The zero-order valence-corrected chi connectivity index (χ0v) is 11.3. The van der Waals surface area contributed by atoms with E-state index in [0.717, 1.165) is 0 Å². The smallest absolute Gasteiger partial charge is 0.0346 e. The molecule has 0 fully saturated rings. The van der Waals surface area contributed by atoms with Crippen LogP contribution in [0.25, 0.3) is 21.9 Å². The Morgan fingerprint density at radius 2 is 1.68 bits per heavy atom. The van der Waals surface area contributed by atoms with Crippen molar-refractivity contribution in [1.29, 1.82) is 0 Å². The Balaban J connectivity index is 2.14. The van der Waals surface area contributed by atoms with Crippen LogP contribution in [-0.2, 0) is 0 Å². The van der Waals surface area contributed by atoms with Crippen LogP contribution in [0.15, 0.2) is 60.9 Å². The van der Waals surface area contributed by atoms with Gasteiger partial charge in [0.15, 0.2) is 0 Å². The first-order valence-corrected chi connectivity index (χ1v) is 6.69. The molecule has 0 bridgehead atoms. The molecule has 0 aliphatic carbocycles. The van der Waals surface area contributed by atoms with Crippen LogP contribution in [0.5, 0.6) is 0 Å². The van der Waals surface area contributed by atoms with Gasteiger partial charge in [0.1, 0.15) is 0 Å². The van der Waals surface area contributed by atoms with Gasteiger partial charge in [-0.15, -0.1) is 0 Å². The Labute approximate surface area is 113 Å². The van der Waals surface area contributed by atoms with Crippen molar-refractivity contribution in [3.05, 3.63) is 66.5 Å². The van der Waals surface area contributed by atoms with Crippen LogP contribution in [-0.4, -0.2) is 4.98 Å². The number of nitrogens with zero attached hydrogens (tertiary/aromatic N) is 1. The lowest BCUT2D eigenvalue weighted by Gasteiger charge is -2.09. The van der Waals surface area contributed by atoms with E-state index in [1.165, 1.54) is 27.5 Å². The molecule has 0 aliphatic rings. The standard InChI is InChI=1S/C18H17N/c1-13(2)14-6-8-15(9-7-14)17-5-3-4-16-12-19-11-10-18(16)17/h3-13H,1-2H3. The third-order valence-corrected chi connectivity index (χ3v) is 3.57. The molecule has 3 aromatic rings. The van der Waals surface area contributed by atoms with Gasteiger partial charge in [0.05, 0.1) is 0 Å². The quantitative estimate of drug-likeness (QED) is 0.619. The number of hydrogen-bond donors (Lipinski definition) is 0. The predicted molar refractivity (Wildman–Crippen MR) is 81.3 cm³/mol. The van der Waals surface area contributed by atoms with Gasteiger partial charge in [0.2, 0.25) is 0 Å². The van der Waals surface area contributed by atoms with Crippen molar-refractivity contribution in [3.8, 4) is 11.1 Å². The van der Waals surface area contributed by atoms with Crippen molar-refractivity contribution in [1.82, 2.24) is 4.98 Å². The van der Waals surface area contributed by atoms with Crippen LogP contribution in [0, 0.1) is 0 Å². The first-order valence-electron chi connectivity index (χ1n) is 6.69. The van der Waals surface area contributed by atoms with E-state index in [9.17, 15) is 0 Å². The van der Waals surface area contributed by atoms with E-state index in [2.05, 4.69) is 67.4 Å². The SMILES string of the molecule is CC(C)c1ccc(-c2cccc3cnccc23)cc1. The Bertz CT molecular complexity index is 691. The second-order valence-corrected chi connectivity index (χ2v) is 5.18. The molecule has 3 rings (SSSR count). The fourth-order valence-corrected chi connectivity index (χ4v) is 2.42. The number of hydrogen-bond acceptors (Lipinski definition) is 1. The summed E-state index contributed by atoms with van der Waals surface area (Å²) in [6, 6.07) is 17.3. The normalized spacial score (nSPS) is 11.1. The molecule has 0 unspecified atom stereocenters. The molecule has 0 aliphatic heterocycles. The first-order chi connectivity index (χ1) is 9.25. The summed E-state index contributed by atoms with van der Waals surface area (Å²) in [7, 11) is 0. The van der Waals surface area contributed by atoms with Crippen molar-refractivity contribution < 1.29 is 0 Å². The molecule has 0 amide bonds. The molecule has 94 valence electrons.